The van der Waals surface area contributed by atoms with E-state index < -0.39 is 0 Å². The van der Waals surface area contributed by atoms with Gasteiger partial charge in [-0.3, -0.25) is 4.98 Å². The Morgan fingerprint density at radius 3 is 2.11 bits per heavy atom. The monoisotopic (exact) mass is 358 g/mol. The quantitative estimate of drug-likeness (QED) is 0.423. The molecule has 27 heavy (non-hydrogen) atoms. The maximum Gasteiger partial charge on any atom is 0.0372 e. The zero-order chi connectivity index (χ0) is 19.1. The van der Waals surface area contributed by atoms with E-state index in [4.69, 9.17) is 0 Å². The van der Waals surface area contributed by atoms with Crippen molar-refractivity contribution in [3.63, 3.8) is 0 Å². The molecule has 0 bridgehead atoms. The molecule has 0 aliphatic heterocycles. The third-order valence-electron chi connectivity index (χ3n) is 5.13. The molecule has 0 saturated carbocycles. The molecule has 0 aliphatic rings. The second-order valence-corrected chi connectivity index (χ2v) is 7.15. The molecule has 0 amide bonds. The first-order valence-electron chi connectivity index (χ1n) is 10.1. The first kappa shape index (κ1) is 19.2. The van der Waals surface area contributed by atoms with Crippen LogP contribution < -0.4 is 4.90 Å². The maximum atomic E-state index is 4.28. The highest BCUT2D eigenvalue weighted by Gasteiger charge is 2.08. The van der Waals surface area contributed by atoms with Gasteiger partial charge in [-0.2, -0.15) is 0 Å². The minimum Gasteiger partial charge on any atom is -0.372 e. The highest BCUT2D eigenvalue weighted by atomic mass is 15.1. The summed E-state index contributed by atoms with van der Waals surface area (Å²) in [5.41, 5.74) is 4.66. The Bertz CT molecular complexity index is 875. The smallest absolute Gasteiger partial charge is 0.0372 e. The number of aromatic nitrogens is 1. The fourth-order valence-electron chi connectivity index (χ4n) is 3.41. The number of unbranched alkanes of at least 4 members (excludes halogenated alkanes) is 2. The van der Waals surface area contributed by atoms with E-state index in [2.05, 4.69) is 66.7 Å². The van der Waals surface area contributed by atoms with Gasteiger partial charge in [0.1, 0.15) is 0 Å². The van der Waals surface area contributed by atoms with Gasteiger partial charge in [0.15, 0.2) is 0 Å². The number of rotatable bonds is 9. The lowest BCUT2D eigenvalue weighted by Gasteiger charge is -2.25. The Balaban J connectivity index is 1.86. The van der Waals surface area contributed by atoms with Gasteiger partial charge in [0, 0.05) is 31.2 Å². The van der Waals surface area contributed by atoms with Gasteiger partial charge in [-0.1, -0.05) is 51.5 Å². The minimum atomic E-state index is 1.04. The van der Waals surface area contributed by atoms with Gasteiger partial charge < -0.3 is 4.90 Å². The lowest BCUT2D eigenvalue weighted by molar-refractivity contribution is 0.678. The van der Waals surface area contributed by atoms with Crippen molar-refractivity contribution >= 4 is 22.0 Å². The highest BCUT2D eigenvalue weighted by molar-refractivity contribution is 5.90. The van der Waals surface area contributed by atoms with Crippen molar-refractivity contribution in [2.75, 3.05) is 18.0 Å². The third-order valence-corrected chi connectivity index (χ3v) is 5.13. The van der Waals surface area contributed by atoms with Gasteiger partial charge in [-0.05, 0) is 70.6 Å². The van der Waals surface area contributed by atoms with Crippen molar-refractivity contribution in [3.8, 4) is 0 Å². The van der Waals surface area contributed by atoms with Crippen LogP contribution >= 0.6 is 0 Å². The molecule has 0 unspecified atom stereocenters. The summed E-state index contributed by atoms with van der Waals surface area (Å²) in [4.78, 5) is 6.63. The topological polar surface area (TPSA) is 16.1 Å². The molecule has 3 aromatic rings. The van der Waals surface area contributed by atoms with Crippen LogP contribution in [0.5, 0.6) is 0 Å². The number of hydrogen-bond donors (Lipinski definition) is 0. The second-order valence-electron chi connectivity index (χ2n) is 7.15. The zero-order valence-corrected chi connectivity index (χ0v) is 16.6. The molecule has 0 saturated heterocycles. The van der Waals surface area contributed by atoms with E-state index in [-0.39, 0.29) is 0 Å². The van der Waals surface area contributed by atoms with Crippen molar-refractivity contribution in [3.05, 3.63) is 78.6 Å². The van der Waals surface area contributed by atoms with E-state index in [1.54, 1.807) is 0 Å². The molecule has 1 aromatic heterocycles. The number of pyridine rings is 1. The minimum absolute atomic E-state index is 1.04. The summed E-state index contributed by atoms with van der Waals surface area (Å²) >= 11 is 0. The lowest BCUT2D eigenvalue weighted by atomic mass is 9.97. The molecule has 1 heterocycles. The van der Waals surface area contributed by atoms with Crippen LogP contribution in [0.2, 0.25) is 0 Å². The predicted octanol–water partition coefficient (Wildman–Crippen LogP) is 6.70. The van der Waals surface area contributed by atoms with Gasteiger partial charge in [-0.25, -0.2) is 0 Å². The van der Waals surface area contributed by atoms with E-state index in [1.807, 2.05) is 24.5 Å². The normalized spacial score (nSPS) is 10.9. The van der Waals surface area contributed by atoms with Gasteiger partial charge in [-0.15, -0.1) is 0 Å². The summed E-state index contributed by atoms with van der Waals surface area (Å²) in [5, 5.41) is 2.55. The molecule has 2 aromatic carbocycles. The summed E-state index contributed by atoms with van der Waals surface area (Å²) in [7, 11) is 0. The molecular weight excluding hydrogens is 328 g/mol. The second kappa shape index (κ2) is 9.36. The Hall–Kier alpha value is -2.61. The van der Waals surface area contributed by atoms with Crippen LogP contribution in [0.1, 0.15) is 50.7 Å². The van der Waals surface area contributed by atoms with E-state index in [9.17, 15) is 0 Å². The van der Waals surface area contributed by atoms with Gasteiger partial charge in [0.2, 0.25) is 0 Å². The molecule has 140 valence electrons. The van der Waals surface area contributed by atoms with Crippen molar-refractivity contribution in [2.45, 2.75) is 39.5 Å². The van der Waals surface area contributed by atoms with Gasteiger partial charge in [0.25, 0.3) is 0 Å². The average molecular weight is 359 g/mol. The van der Waals surface area contributed by atoms with Crippen molar-refractivity contribution in [2.24, 2.45) is 0 Å². The highest BCUT2D eigenvalue weighted by Crippen LogP contribution is 2.28. The standard InChI is InChI=1S/C25H30N2/c1-4-6-16-27(17-7-5-2)25-11-10-23-18-22(8-9-24(23)19-25)20(3)21-12-14-26-15-13-21/h8-15,18-19H,3-7,16-17H2,1-2H3. The first-order valence-corrected chi connectivity index (χ1v) is 10.1. The SMILES string of the molecule is C=C(c1ccncc1)c1ccc2cc(N(CCCC)CCCC)ccc2c1. The molecule has 0 radical (unpaired) electrons. The van der Waals surface area contributed by atoms with E-state index >= 15 is 0 Å². The fourth-order valence-corrected chi connectivity index (χ4v) is 3.41. The van der Waals surface area contributed by atoms with Crippen LogP contribution in [0.15, 0.2) is 67.5 Å². The summed E-state index contributed by atoms with van der Waals surface area (Å²) in [6.07, 6.45) is 8.58. The Kier molecular flexibility index (Phi) is 6.64. The maximum absolute atomic E-state index is 4.28. The molecule has 2 heteroatoms. The van der Waals surface area contributed by atoms with E-state index in [1.165, 1.54) is 42.1 Å². The summed E-state index contributed by atoms with van der Waals surface area (Å²) in [6.45, 7) is 11.1. The third kappa shape index (κ3) is 4.77. The van der Waals surface area contributed by atoms with Crippen LogP contribution in [0.25, 0.3) is 16.3 Å². The van der Waals surface area contributed by atoms with Crippen molar-refractivity contribution < 1.29 is 0 Å². The Morgan fingerprint density at radius 1 is 0.815 bits per heavy atom. The Morgan fingerprint density at radius 2 is 1.44 bits per heavy atom. The van der Waals surface area contributed by atoms with Gasteiger partial charge in [0.05, 0.1) is 0 Å². The summed E-state index contributed by atoms with van der Waals surface area (Å²) in [5.74, 6) is 0. The number of fused-ring (bicyclic) bond motifs is 1. The van der Waals surface area contributed by atoms with Crippen LogP contribution in [-0.2, 0) is 0 Å². The van der Waals surface area contributed by atoms with Crippen LogP contribution in [0.4, 0.5) is 5.69 Å². The van der Waals surface area contributed by atoms with Crippen LogP contribution in [0, 0.1) is 0 Å². The summed E-state index contributed by atoms with van der Waals surface area (Å²) < 4.78 is 0. The number of benzene rings is 2. The number of anilines is 1. The summed E-state index contributed by atoms with van der Waals surface area (Å²) in [6, 6.07) is 17.5. The Labute approximate surface area is 163 Å². The molecule has 0 fully saturated rings. The average Bonchev–Trinajstić information content (AvgIpc) is 2.73. The van der Waals surface area contributed by atoms with Gasteiger partial charge >= 0.3 is 0 Å². The fraction of sp³-hybridized carbons (Fsp3) is 0.320. The molecule has 0 aliphatic carbocycles. The van der Waals surface area contributed by atoms with E-state index in [0.717, 1.165) is 29.8 Å². The van der Waals surface area contributed by atoms with Crippen molar-refractivity contribution in [1.82, 2.24) is 4.98 Å². The molecule has 0 N–H and O–H groups in total. The molecule has 2 nitrogen and oxygen atoms in total. The number of hydrogen-bond acceptors (Lipinski definition) is 2. The molecule has 0 spiro atoms. The predicted molar refractivity (Wildman–Crippen MR) is 118 cm³/mol. The van der Waals surface area contributed by atoms with Crippen LogP contribution in [0.3, 0.4) is 0 Å². The van der Waals surface area contributed by atoms with Crippen molar-refractivity contribution in [1.29, 1.82) is 0 Å². The molecule has 0 atom stereocenters. The first-order chi connectivity index (χ1) is 13.2. The zero-order valence-electron chi connectivity index (χ0n) is 16.6. The van der Waals surface area contributed by atoms with Crippen LogP contribution in [-0.4, -0.2) is 18.1 Å². The van der Waals surface area contributed by atoms with E-state index in [0.29, 0.717) is 0 Å². The largest absolute Gasteiger partial charge is 0.372 e. The molecular formula is C25H30N2. The molecule has 3 rings (SSSR count). The lowest BCUT2D eigenvalue weighted by Crippen LogP contribution is -2.25. The number of nitrogens with zero attached hydrogens (tertiary/aromatic N) is 2.